The lowest BCUT2D eigenvalue weighted by Gasteiger charge is -2.02. The van der Waals surface area contributed by atoms with Gasteiger partial charge in [-0.2, -0.15) is 0 Å². The summed E-state index contributed by atoms with van der Waals surface area (Å²) in [4.78, 5) is 14.6. The minimum Gasteiger partial charge on any atom is -0.354 e. The Balaban J connectivity index is 2.43. The number of aromatic amines is 1. The third-order valence-electron chi connectivity index (χ3n) is 3.73. The number of H-pyrrole nitrogens is 1. The van der Waals surface area contributed by atoms with Gasteiger partial charge in [-0.25, -0.2) is 8.78 Å². The van der Waals surface area contributed by atoms with Gasteiger partial charge < -0.3 is 4.98 Å². The first-order chi connectivity index (χ1) is 10.0. The minimum atomic E-state index is -0.568. The van der Waals surface area contributed by atoms with Crippen molar-refractivity contribution in [2.24, 2.45) is 0 Å². The van der Waals surface area contributed by atoms with Gasteiger partial charge in [0, 0.05) is 22.0 Å². The maximum absolute atomic E-state index is 14.0. The molecular weight excluding hydrogens is 272 g/mol. The molecule has 0 fully saturated rings. The number of carbonyl (C=O) groups excluding carboxylic acids is 1. The van der Waals surface area contributed by atoms with Crippen LogP contribution < -0.4 is 0 Å². The maximum Gasteiger partial charge on any atom is 0.152 e. The lowest BCUT2D eigenvalue weighted by Crippen LogP contribution is -1.90. The molecule has 2 aromatic carbocycles. The van der Waals surface area contributed by atoms with Gasteiger partial charge in [-0.1, -0.05) is 12.1 Å². The van der Waals surface area contributed by atoms with Crippen molar-refractivity contribution in [1.82, 2.24) is 4.98 Å². The summed E-state index contributed by atoms with van der Waals surface area (Å²) in [5.74, 6) is -1.11. The SMILES string of the molecule is Cc1ccc(C)c2c(C=O)c(-c3cc(F)ccc3F)[nH]c12. The lowest BCUT2D eigenvalue weighted by molar-refractivity contribution is 0.112. The van der Waals surface area contributed by atoms with Crippen molar-refractivity contribution in [3.8, 4) is 11.3 Å². The van der Waals surface area contributed by atoms with Crippen LogP contribution in [0.2, 0.25) is 0 Å². The van der Waals surface area contributed by atoms with Crippen LogP contribution in [-0.2, 0) is 0 Å². The molecule has 0 aliphatic rings. The smallest absolute Gasteiger partial charge is 0.152 e. The van der Waals surface area contributed by atoms with Crippen LogP contribution >= 0.6 is 0 Å². The van der Waals surface area contributed by atoms with E-state index in [9.17, 15) is 13.6 Å². The fraction of sp³-hybridized carbons (Fsp3) is 0.118. The Morgan fingerprint density at radius 1 is 1.05 bits per heavy atom. The predicted octanol–water partition coefficient (Wildman–Crippen LogP) is 4.54. The molecule has 0 radical (unpaired) electrons. The summed E-state index contributed by atoms with van der Waals surface area (Å²) >= 11 is 0. The van der Waals surface area contributed by atoms with Gasteiger partial charge in [-0.3, -0.25) is 4.79 Å². The zero-order chi connectivity index (χ0) is 15.1. The molecule has 2 nitrogen and oxygen atoms in total. The number of fused-ring (bicyclic) bond motifs is 1. The number of aromatic nitrogens is 1. The van der Waals surface area contributed by atoms with E-state index in [-0.39, 0.29) is 5.56 Å². The number of aldehydes is 1. The Morgan fingerprint density at radius 2 is 1.76 bits per heavy atom. The van der Waals surface area contributed by atoms with Crippen LogP contribution in [-0.4, -0.2) is 11.3 Å². The van der Waals surface area contributed by atoms with Gasteiger partial charge in [0.1, 0.15) is 11.6 Å². The van der Waals surface area contributed by atoms with E-state index >= 15 is 0 Å². The minimum absolute atomic E-state index is 0.0621. The summed E-state index contributed by atoms with van der Waals surface area (Å²) in [6.07, 6.45) is 0.685. The average molecular weight is 285 g/mol. The Hall–Kier alpha value is -2.49. The van der Waals surface area contributed by atoms with E-state index in [4.69, 9.17) is 0 Å². The van der Waals surface area contributed by atoms with Crippen molar-refractivity contribution >= 4 is 17.2 Å². The average Bonchev–Trinajstić information content (AvgIpc) is 2.86. The van der Waals surface area contributed by atoms with Crippen LogP contribution in [0.5, 0.6) is 0 Å². The van der Waals surface area contributed by atoms with Crippen molar-refractivity contribution in [3.63, 3.8) is 0 Å². The number of aryl methyl sites for hydroxylation is 2. The summed E-state index contributed by atoms with van der Waals surface area (Å²) in [5.41, 5.74) is 3.37. The molecule has 1 heterocycles. The third-order valence-corrected chi connectivity index (χ3v) is 3.73. The molecule has 0 bridgehead atoms. The van der Waals surface area contributed by atoms with E-state index in [0.717, 1.165) is 40.2 Å². The number of hydrogen-bond acceptors (Lipinski definition) is 1. The quantitative estimate of drug-likeness (QED) is 0.689. The van der Waals surface area contributed by atoms with Crippen molar-refractivity contribution in [1.29, 1.82) is 0 Å². The van der Waals surface area contributed by atoms with E-state index in [1.807, 2.05) is 26.0 Å². The number of benzene rings is 2. The lowest BCUT2D eigenvalue weighted by atomic mass is 10.0. The van der Waals surface area contributed by atoms with Gasteiger partial charge in [-0.15, -0.1) is 0 Å². The molecule has 1 aromatic heterocycles. The summed E-state index contributed by atoms with van der Waals surface area (Å²) in [6.45, 7) is 3.78. The summed E-state index contributed by atoms with van der Waals surface area (Å²) < 4.78 is 27.4. The highest BCUT2D eigenvalue weighted by Gasteiger charge is 2.18. The van der Waals surface area contributed by atoms with E-state index in [0.29, 0.717) is 17.5 Å². The van der Waals surface area contributed by atoms with Crippen LogP contribution in [0.3, 0.4) is 0 Å². The molecule has 0 aliphatic heterocycles. The molecule has 0 saturated heterocycles. The van der Waals surface area contributed by atoms with Gasteiger partial charge in [0.05, 0.1) is 5.69 Å². The summed E-state index contributed by atoms with van der Waals surface area (Å²) in [7, 11) is 0. The highest BCUT2D eigenvalue weighted by atomic mass is 19.1. The first kappa shape index (κ1) is 13.5. The molecule has 1 N–H and O–H groups in total. The van der Waals surface area contributed by atoms with Gasteiger partial charge in [0.2, 0.25) is 0 Å². The molecule has 0 unspecified atom stereocenters. The molecule has 3 aromatic rings. The third kappa shape index (κ3) is 2.03. The zero-order valence-corrected chi connectivity index (χ0v) is 11.6. The van der Waals surface area contributed by atoms with Crippen molar-refractivity contribution in [2.75, 3.05) is 0 Å². The molecule has 4 heteroatoms. The fourth-order valence-electron chi connectivity index (χ4n) is 2.66. The Labute approximate surface area is 120 Å². The molecule has 0 saturated carbocycles. The van der Waals surface area contributed by atoms with Gasteiger partial charge in [0.15, 0.2) is 6.29 Å². The molecule has 0 amide bonds. The standard InChI is InChI=1S/C17H13F2NO/c1-9-3-4-10(2)16-15(9)13(8-21)17(20-16)12-7-11(18)5-6-14(12)19/h3-8,20H,1-2H3. The monoisotopic (exact) mass is 285 g/mol. The maximum atomic E-state index is 14.0. The molecule has 21 heavy (non-hydrogen) atoms. The van der Waals surface area contributed by atoms with Gasteiger partial charge in [0.25, 0.3) is 0 Å². The van der Waals surface area contributed by atoms with Crippen LogP contribution in [0.15, 0.2) is 30.3 Å². The molecule has 3 rings (SSSR count). The Bertz CT molecular complexity index is 865. The Kier molecular flexibility index (Phi) is 3.09. The second-order valence-electron chi connectivity index (χ2n) is 5.11. The van der Waals surface area contributed by atoms with Crippen LogP contribution in [0.25, 0.3) is 22.2 Å². The van der Waals surface area contributed by atoms with Gasteiger partial charge >= 0.3 is 0 Å². The highest BCUT2D eigenvalue weighted by Crippen LogP contribution is 2.34. The first-order valence-corrected chi connectivity index (χ1v) is 6.55. The van der Waals surface area contributed by atoms with Crippen LogP contribution in [0.1, 0.15) is 21.5 Å². The number of nitrogens with one attached hydrogen (secondary N) is 1. The molecule has 106 valence electrons. The molecule has 0 atom stereocenters. The van der Waals surface area contributed by atoms with E-state index in [1.165, 1.54) is 0 Å². The predicted molar refractivity (Wildman–Crippen MR) is 78.5 cm³/mol. The van der Waals surface area contributed by atoms with E-state index in [1.54, 1.807) is 0 Å². The molecule has 0 spiro atoms. The fourth-order valence-corrected chi connectivity index (χ4v) is 2.66. The zero-order valence-electron chi connectivity index (χ0n) is 11.6. The largest absolute Gasteiger partial charge is 0.354 e. The van der Waals surface area contributed by atoms with E-state index in [2.05, 4.69) is 4.98 Å². The van der Waals surface area contributed by atoms with Crippen LogP contribution in [0, 0.1) is 25.5 Å². The van der Waals surface area contributed by atoms with E-state index < -0.39 is 11.6 Å². The Morgan fingerprint density at radius 3 is 2.48 bits per heavy atom. The number of carbonyl (C=O) groups is 1. The van der Waals surface area contributed by atoms with Crippen molar-refractivity contribution < 1.29 is 13.6 Å². The second kappa shape index (κ2) is 4.81. The number of rotatable bonds is 2. The molecular formula is C17H13F2NO. The van der Waals surface area contributed by atoms with Crippen molar-refractivity contribution in [3.05, 3.63) is 58.7 Å². The summed E-state index contributed by atoms with van der Waals surface area (Å²) in [6, 6.07) is 7.04. The normalized spacial score (nSPS) is 11.0. The summed E-state index contributed by atoms with van der Waals surface area (Å²) in [5, 5.41) is 0.753. The van der Waals surface area contributed by atoms with Crippen molar-refractivity contribution in [2.45, 2.75) is 13.8 Å². The number of halogens is 2. The first-order valence-electron chi connectivity index (χ1n) is 6.55. The highest BCUT2D eigenvalue weighted by molar-refractivity contribution is 6.06. The second-order valence-corrected chi connectivity index (χ2v) is 5.11. The van der Waals surface area contributed by atoms with Gasteiger partial charge in [-0.05, 0) is 43.2 Å². The molecule has 0 aliphatic carbocycles. The van der Waals surface area contributed by atoms with Crippen LogP contribution in [0.4, 0.5) is 8.78 Å². The topological polar surface area (TPSA) is 32.9 Å². The number of hydrogen-bond donors (Lipinski definition) is 1.